The predicted molar refractivity (Wildman–Crippen MR) is 80.7 cm³/mol. The fourth-order valence-corrected chi connectivity index (χ4v) is 1.98. The van der Waals surface area contributed by atoms with Gasteiger partial charge in [0.05, 0.1) is 6.42 Å². The molecule has 0 fully saturated rings. The lowest BCUT2D eigenvalue weighted by Gasteiger charge is -2.31. The van der Waals surface area contributed by atoms with Gasteiger partial charge in [0.1, 0.15) is 5.75 Å². The average Bonchev–Trinajstić information content (AvgIpc) is 2.41. The number of halogens is 1. The number of amides is 1. The van der Waals surface area contributed by atoms with E-state index >= 15 is 0 Å². The van der Waals surface area contributed by atoms with Gasteiger partial charge in [-0.1, -0.05) is 11.6 Å². The molecule has 0 aliphatic heterocycles. The van der Waals surface area contributed by atoms with Crippen molar-refractivity contribution in [2.24, 2.45) is 0 Å². The van der Waals surface area contributed by atoms with Crippen LogP contribution in [0.3, 0.4) is 0 Å². The highest BCUT2D eigenvalue weighted by Crippen LogP contribution is 2.22. The molecule has 0 unspecified atom stereocenters. The van der Waals surface area contributed by atoms with E-state index in [1.165, 1.54) is 4.90 Å². The first-order valence-electron chi connectivity index (χ1n) is 6.72. The van der Waals surface area contributed by atoms with Crippen molar-refractivity contribution in [3.05, 3.63) is 29.3 Å². The lowest BCUT2D eigenvalue weighted by atomic mass is 10.1. The van der Waals surface area contributed by atoms with Crippen molar-refractivity contribution in [2.45, 2.75) is 32.8 Å². The number of rotatable bonds is 7. The fraction of sp³-hybridized carbons (Fsp3) is 0.467. The monoisotopic (exact) mass is 313 g/mol. The molecule has 0 aliphatic carbocycles. The Bertz CT molecular complexity index is 499. The van der Waals surface area contributed by atoms with Crippen LogP contribution in [-0.4, -0.2) is 40.6 Å². The van der Waals surface area contributed by atoms with Gasteiger partial charge in [-0.2, -0.15) is 0 Å². The maximum Gasteiger partial charge on any atom is 0.305 e. The van der Waals surface area contributed by atoms with Crippen molar-refractivity contribution < 1.29 is 19.4 Å². The normalized spacial score (nSPS) is 11.0. The minimum absolute atomic E-state index is 0.0867. The lowest BCUT2D eigenvalue weighted by Crippen LogP contribution is -2.49. The number of carboxylic acids is 1. The van der Waals surface area contributed by atoms with Crippen molar-refractivity contribution in [1.82, 2.24) is 4.90 Å². The number of hydrogen-bond donors (Lipinski definition) is 1. The van der Waals surface area contributed by atoms with E-state index in [0.717, 1.165) is 0 Å². The van der Waals surface area contributed by atoms with Crippen LogP contribution in [0.2, 0.25) is 5.02 Å². The van der Waals surface area contributed by atoms with Gasteiger partial charge in [-0.15, -0.1) is 0 Å². The number of carboxylic acid groups (broad SMARTS) is 1. The molecule has 116 valence electrons. The Kier molecular flexibility index (Phi) is 6.03. The van der Waals surface area contributed by atoms with E-state index in [9.17, 15) is 9.59 Å². The summed E-state index contributed by atoms with van der Waals surface area (Å²) in [6.45, 7) is 5.72. The van der Waals surface area contributed by atoms with E-state index in [4.69, 9.17) is 21.4 Å². The largest absolute Gasteiger partial charge is 0.481 e. The average molecular weight is 314 g/mol. The Morgan fingerprint density at radius 2 is 1.86 bits per heavy atom. The molecule has 0 saturated heterocycles. The van der Waals surface area contributed by atoms with Crippen LogP contribution >= 0.6 is 11.6 Å². The molecule has 0 spiro atoms. The number of carbonyl (C=O) groups excluding carboxylic acids is 1. The Labute approximate surface area is 129 Å². The molecule has 0 heterocycles. The summed E-state index contributed by atoms with van der Waals surface area (Å²) in [6.07, 6.45) is -0.0867. The summed E-state index contributed by atoms with van der Waals surface area (Å²) in [5.74, 6) is -0.647. The van der Waals surface area contributed by atoms with Gasteiger partial charge in [0, 0.05) is 18.1 Å². The first kappa shape index (κ1) is 17.3. The van der Waals surface area contributed by atoms with Crippen molar-refractivity contribution >= 4 is 23.5 Å². The molecular formula is C15H20ClNO4. The van der Waals surface area contributed by atoms with Gasteiger partial charge >= 0.3 is 5.97 Å². The van der Waals surface area contributed by atoms with E-state index in [2.05, 4.69) is 0 Å². The van der Waals surface area contributed by atoms with Gasteiger partial charge in [0.15, 0.2) is 5.60 Å². The van der Waals surface area contributed by atoms with Crippen molar-refractivity contribution in [2.75, 3.05) is 13.1 Å². The van der Waals surface area contributed by atoms with Crippen molar-refractivity contribution in [3.63, 3.8) is 0 Å². The zero-order valence-corrected chi connectivity index (χ0v) is 13.2. The molecule has 1 aromatic rings. The van der Waals surface area contributed by atoms with Crippen LogP contribution in [0.1, 0.15) is 27.2 Å². The molecular weight excluding hydrogens is 294 g/mol. The van der Waals surface area contributed by atoms with Gasteiger partial charge in [-0.05, 0) is 45.0 Å². The van der Waals surface area contributed by atoms with Crippen LogP contribution in [0.4, 0.5) is 0 Å². The minimum Gasteiger partial charge on any atom is -0.481 e. The smallest absolute Gasteiger partial charge is 0.305 e. The minimum atomic E-state index is -1.08. The van der Waals surface area contributed by atoms with Gasteiger partial charge in [0.2, 0.25) is 0 Å². The Morgan fingerprint density at radius 1 is 1.29 bits per heavy atom. The van der Waals surface area contributed by atoms with E-state index < -0.39 is 11.6 Å². The molecule has 1 N–H and O–H groups in total. The maximum absolute atomic E-state index is 12.5. The summed E-state index contributed by atoms with van der Waals surface area (Å²) in [5, 5.41) is 9.31. The number of nitrogens with zero attached hydrogens (tertiary/aromatic N) is 1. The third kappa shape index (κ3) is 5.27. The van der Waals surface area contributed by atoms with Crippen LogP contribution in [0.5, 0.6) is 5.75 Å². The molecule has 21 heavy (non-hydrogen) atoms. The Hall–Kier alpha value is -1.75. The van der Waals surface area contributed by atoms with Crippen LogP contribution in [0, 0.1) is 0 Å². The molecule has 0 bridgehead atoms. The SMILES string of the molecule is CCN(CCC(=O)O)C(=O)C(C)(C)Oc1ccc(Cl)cc1. The number of ether oxygens (including phenoxy) is 1. The van der Waals surface area contributed by atoms with Gasteiger partial charge in [0.25, 0.3) is 5.91 Å². The highest BCUT2D eigenvalue weighted by molar-refractivity contribution is 6.30. The molecule has 0 aliphatic rings. The quantitative estimate of drug-likeness (QED) is 0.840. The summed E-state index contributed by atoms with van der Waals surface area (Å²) in [4.78, 5) is 24.6. The van der Waals surface area contributed by atoms with E-state index in [1.54, 1.807) is 45.0 Å². The Morgan fingerprint density at radius 3 is 2.33 bits per heavy atom. The van der Waals surface area contributed by atoms with Gasteiger partial charge in [-0.3, -0.25) is 9.59 Å². The van der Waals surface area contributed by atoms with Gasteiger partial charge < -0.3 is 14.7 Å². The van der Waals surface area contributed by atoms with E-state index in [0.29, 0.717) is 17.3 Å². The molecule has 6 heteroatoms. The number of hydrogen-bond acceptors (Lipinski definition) is 3. The lowest BCUT2D eigenvalue weighted by molar-refractivity contribution is -0.146. The summed E-state index contributed by atoms with van der Waals surface area (Å²) in [6, 6.07) is 6.73. The fourth-order valence-electron chi connectivity index (χ4n) is 1.86. The van der Waals surface area contributed by atoms with E-state index in [1.807, 2.05) is 0 Å². The van der Waals surface area contributed by atoms with Crippen LogP contribution in [0.15, 0.2) is 24.3 Å². The standard InChI is InChI=1S/C15H20ClNO4/c1-4-17(10-9-13(18)19)14(20)15(2,3)21-12-7-5-11(16)6-8-12/h5-8H,4,9-10H2,1-3H3,(H,18,19). The second kappa shape index (κ2) is 7.31. The van der Waals surface area contributed by atoms with Crippen LogP contribution < -0.4 is 4.74 Å². The number of aliphatic carboxylic acids is 1. The molecule has 1 amide bonds. The zero-order valence-electron chi connectivity index (χ0n) is 12.4. The number of likely N-dealkylation sites (N-methyl/N-ethyl adjacent to an activating group) is 1. The first-order chi connectivity index (χ1) is 9.76. The second-order valence-electron chi connectivity index (χ2n) is 5.09. The van der Waals surface area contributed by atoms with Crippen LogP contribution in [0.25, 0.3) is 0 Å². The molecule has 0 radical (unpaired) electrons. The summed E-state index contributed by atoms with van der Waals surface area (Å²) in [7, 11) is 0. The molecule has 1 rings (SSSR count). The van der Waals surface area contributed by atoms with Gasteiger partial charge in [-0.25, -0.2) is 0 Å². The van der Waals surface area contributed by atoms with E-state index in [-0.39, 0.29) is 18.9 Å². The highest BCUT2D eigenvalue weighted by Gasteiger charge is 2.33. The zero-order chi connectivity index (χ0) is 16.0. The maximum atomic E-state index is 12.5. The second-order valence-corrected chi connectivity index (χ2v) is 5.53. The Balaban J connectivity index is 2.76. The van der Waals surface area contributed by atoms with Crippen molar-refractivity contribution in [1.29, 1.82) is 0 Å². The summed E-state index contributed by atoms with van der Waals surface area (Å²) in [5.41, 5.74) is -1.08. The third-order valence-corrected chi connectivity index (χ3v) is 3.22. The van der Waals surface area contributed by atoms with Crippen LogP contribution in [-0.2, 0) is 9.59 Å². The summed E-state index contributed by atoms with van der Waals surface area (Å²) >= 11 is 5.80. The first-order valence-corrected chi connectivity index (χ1v) is 7.10. The predicted octanol–water partition coefficient (Wildman–Crippen LogP) is 2.82. The molecule has 1 aromatic carbocycles. The number of carbonyl (C=O) groups is 2. The summed E-state index contributed by atoms with van der Waals surface area (Å²) < 4.78 is 5.71. The molecule has 5 nitrogen and oxygen atoms in total. The van der Waals surface area contributed by atoms with Crippen molar-refractivity contribution in [3.8, 4) is 5.75 Å². The number of benzene rings is 1. The highest BCUT2D eigenvalue weighted by atomic mass is 35.5. The molecule has 0 atom stereocenters. The molecule has 0 aromatic heterocycles. The topological polar surface area (TPSA) is 66.8 Å². The molecule has 0 saturated carbocycles. The third-order valence-electron chi connectivity index (χ3n) is 2.97.